The first-order valence-corrected chi connectivity index (χ1v) is 14.9. The Hall–Kier alpha value is -0.960. The Bertz CT molecular complexity index is 965. The zero-order valence-electron chi connectivity index (χ0n) is 21.7. The van der Waals surface area contributed by atoms with Crippen LogP contribution in [0, 0.1) is 15.4 Å². The molecule has 39 heavy (non-hydrogen) atoms. The van der Waals surface area contributed by atoms with E-state index in [4.69, 9.17) is 28.4 Å². The topological polar surface area (TPSA) is 75.6 Å². The number of alkyl halides is 3. The third-order valence-electron chi connectivity index (χ3n) is 7.81. The lowest BCUT2D eigenvalue weighted by atomic mass is 9.91. The second kappa shape index (κ2) is 13.3. The van der Waals surface area contributed by atoms with Crippen LogP contribution in [0.25, 0.3) is 0 Å². The number of fused-ring (bicyclic) bond motifs is 1. The van der Waals surface area contributed by atoms with Crippen molar-refractivity contribution in [1.82, 2.24) is 0 Å². The van der Waals surface area contributed by atoms with Crippen molar-refractivity contribution in [2.75, 3.05) is 19.8 Å². The van der Waals surface area contributed by atoms with Crippen molar-refractivity contribution >= 4 is 22.6 Å². The minimum absolute atomic E-state index is 0.0187. The number of aliphatic hydroxyl groups excluding tert-OH is 1. The van der Waals surface area contributed by atoms with Crippen LogP contribution >= 0.6 is 22.6 Å². The van der Waals surface area contributed by atoms with Crippen LogP contribution in [-0.2, 0) is 29.9 Å². The van der Waals surface area contributed by atoms with Crippen molar-refractivity contribution in [3.8, 4) is 5.75 Å². The Labute approximate surface area is 240 Å². The zero-order valence-corrected chi connectivity index (χ0v) is 23.8. The van der Waals surface area contributed by atoms with Crippen LogP contribution < -0.4 is 4.74 Å². The average Bonchev–Trinajstić information content (AvgIpc) is 3.42. The second-order valence-corrected chi connectivity index (χ2v) is 11.8. The Morgan fingerprint density at radius 3 is 2.49 bits per heavy atom. The van der Waals surface area contributed by atoms with E-state index in [0.717, 1.165) is 50.7 Å². The van der Waals surface area contributed by atoms with E-state index in [1.165, 1.54) is 6.07 Å². The van der Waals surface area contributed by atoms with E-state index >= 15 is 0 Å². The second-order valence-electron chi connectivity index (χ2n) is 10.6. The fourth-order valence-electron chi connectivity index (χ4n) is 5.83. The summed E-state index contributed by atoms with van der Waals surface area (Å²) in [7, 11) is 0. The van der Waals surface area contributed by atoms with Crippen LogP contribution in [0.2, 0.25) is 0 Å². The van der Waals surface area contributed by atoms with E-state index in [0.29, 0.717) is 29.6 Å². The van der Waals surface area contributed by atoms with Crippen molar-refractivity contribution < 1.29 is 46.7 Å². The summed E-state index contributed by atoms with van der Waals surface area (Å²) >= 11 is 1.97. The molecule has 1 N–H and O–H groups in total. The van der Waals surface area contributed by atoms with Crippen LogP contribution in [0.15, 0.2) is 30.4 Å². The predicted molar refractivity (Wildman–Crippen MR) is 143 cm³/mol. The van der Waals surface area contributed by atoms with Crippen molar-refractivity contribution in [3.63, 3.8) is 0 Å². The molecular formula is C28H36F3IO7. The van der Waals surface area contributed by atoms with Gasteiger partial charge in [-0.25, -0.2) is 0 Å². The molecule has 3 aliphatic heterocycles. The molecule has 0 spiro atoms. The van der Waals surface area contributed by atoms with Gasteiger partial charge >= 0.3 is 6.18 Å². The molecule has 7 nitrogen and oxygen atoms in total. The summed E-state index contributed by atoms with van der Waals surface area (Å²) in [5.41, 5.74) is -0.761. The smallest absolute Gasteiger partial charge is 0.416 e. The molecule has 11 heteroatoms. The van der Waals surface area contributed by atoms with E-state index in [2.05, 4.69) is 0 Å². The highest BCUT2D eigenvalue weighted by Gasteiger charge is 2.49. The highest BCUT2D eigenvalue weighted by atomic mass is 127. The van der Waals surface area contributed by atoms with Gasteiger partial charge in [0.15, 0.2) is 18.9 Å². The monoisotopic (exact) mass is 668 g/mol. The summed E-state index contributed by atoms with van der Waals surface area (Å²) in [6.45, 7) is 1.31. The fourth-order valence-corrected chi connectivity index (χ4v) is 6.33. The number of hydrogen-bond acceptors (Lipinski definition) is 7. The number of ether oxygens (including phenoxy) is 6. The lowest BCUT2D eigenvalue weighted by Gasteiger charge is -2.30. The molecule has 3 unspecified atom stereocenters. The largest absolute Gasteiger partial charge is 0.489 e. The van der Waals surface area contributed by atoms with Crippen LogP contribution in [0.3, 0.4) is 0 Å². The molecule has 0 radical (unpaired) electrons. The molecular weight excluding hydrogens is 632 g/mol. The van der Waals surface area contributed by atoms with Crippen LogP contribution in [0.5, 0.6) is 5.75 Å². The lowest BCUT2D eigenvalue weighted by Crippen LogP contribution is -2.32. The molecule has 218 valence electrons. The summed E-state index contributed by atoms with van der Waals surface area (Å²) in [6.07, 6.45) is 4.01. The molecule has 3 heterocycles. The summed E-state index contributed by atoms with van der Waals surface area (Å²) in [4.78, 5) is 0. The van der Waals surface area contributed by atoms with Gasteiger partial charge in [0.1, 0.15) is 18.5 Å². The number of halogens is 4. The van der Waals surface area contributed by atoms with Gasteiger partial charge in [-0.3, -0.25) is 0 Å². The van der Waals surface area contributed by atoms with Gasteiger partial charge in [0, 0.05) is 32.0 Å². The molecule has 4 aliphatic rings. The maximum absolute atomic E-state index is 13.3. The van der Waals surface area contributed by atoms with Crippen LogP contribution in [0.1, 0.15) is 56.9 Å². The highest BCUT2D eigenvalue weighted by molar-refractivity contribution is 14.1. The first-order chi connectivity index (χ1) is 18.8. The molecule has 3 saturated heterocycles. The molecule has 8 atom stereocenters. The minimum atomic E-state index is -4.46. The van der Waals surface area contributed by atoms with Gasteiger partial charge in [-0.2, -0.15) is 13.2 Å². The number of rotatable bonds is 9. The Morgan fingerprint density at radius 1 is 1.05 bits per heavy atom. The highest BCUT2D eigenvalue weighted by Crippen LogP contribution is 2.45. The van der Waals surface area contributed by atoms with Crippen molar-refractivity contribution in [3.05, 3.63) is 39.5 Å². The van der Waals surface area contributed by atoms with Gasteiger partial charge in [-0.05, 0) is 85.2 Å². The summed E-state index contributed by atoms with van der Waals surface area (Å²) in [5, 5.41) is 10.1. The Morgan fingerprint density at radius 2 is 1.79 bits per heavy atom. The first kappa shape index (κ1) is 29.5. The van der Waals surface area contributed by atoms with Crippen LogP contribution in [0.4, 0.5) is 13.2 Å². The average molecular weight is 668 g/mol. The number of hydrogen-bond donors (Lipinski definition) is 1. The van der Waals surface area contributed by atoms with E-state index in [9.17, 15) is 18.3 Å². The fraction of sp³-hybridized carbons (Fsp3) is 0.714. The number of benzene rings is 1. The quantitative estimate of drug-likeness (QED) is 0.263. The summed E-state index contributed by atoms with van der Waals surface area (Å²) in [6, 6.07) is 3.46. The van der Waals surface area contributed by atoms with E-state index < -0.39 is 30.4 Å². The van der Waals surface area contributed by atoms with Gasteiger partial charge in [-0.15, -0.1) is 0 Å². The van der Waals surface area contributed by atoms with Gasteiger partial charge in [0.05, 0.1) is 21.3 Å². The van der Waals surface area contributed by atoms with Crippen molar-refractivity contribution in [1.29, 1.82) is 0 Å². The minimum Gasteiger partial charge on any atom is -0.489 e. The van der Waals surface area contributed by atoms with E-state index in [1.807, 2.05) is 34.7 Å². The Kier molecular flexibility index (Phi) is 10.1. The third-order valence-corrected chi connectivity index (χ3v) is 8.70. The SMILES string of the molecule is OC1C[C@@H]2[C@@H](/C=C/[C@H](COc3cc(C(F)(F)F)ccc3I)OC3CCCCO3)[C@H](OC3CCCCO3)C[C@@H]2O1. The molecule has 0 bridgehead atoms. The maximum atomic E-state index is 13.3. The predicted octanol–water partition coefficient (Wildman–Crippen LogP) is 5.81. The summed E-state index contributed by atoms with van der Waals surface area (Å²) < 4.78 is 76.2. The molecule has 1 saturated carbocycles. The molecule has 1 aliphatic carbocycles. The first-order valence-electron chi connectivity index (χ1n) is 13.8. The third kappa shape index (κ3) is 7.87. The van der Waals surface area contributed by atoms with Gasteiger partial charge in [-0.1, -0.05) is 12.2 Å². The standard InChI is InChI=1S/C28H36F3IO7/c29-28(30,31)17-7-10-21(32)24(13-17)36-16-18(37-26-5-1-3-11-34-26)8-9-19-20-14-25(33)38-23(20)15-22(19)39-27-6-2-4-12-35-27/h7-10,13,18-20,22-23,25-27,33H,1-6,11-12,14-16H2/b9-8+/t18-,19-,20-,22-,23+,25?,26?,27?/m1/s1. The molecule has 0 aromatic heterocycles. The molecule has 4 fully saturated rings. The Balaban J connectivity index is 1.31. The van der Waals surface area contributed by atoms with Crippen molar-refractivity contribution in [2.45, 2.75) is 94.7 Å². The normalized spacial score (nSPS) is 34.3. The van der Waals surface area contributed by atoms with Crippen molar-refractivity contribution in [2.24, 2.45) is 11.8 Å². The molecule has 1 aromatic rings. The van der Waals surface area contributed by atoms with Gasteiger partial charge in [0.25, 0.3) is 0 Å². The summed E-state index contributed by atoms with van der Waals surface area (Å²) in [5.74, 6) is 0.201. The van der Waals surface area contributed by atoms with E-state index in [1.54, 1.807) is 0 Å². The molecule has 0 amide bonds. The molecule has 1 aromatic carbocycles. The number of aliphatic hydroxyl groups is 1. The molecule has 5 rings (SSSR count). The van der Waals surface area contributed by atoms with Gasteiger partial charge in [0.2, 0.25) is 0 Å². The zero-order chi connectivity index (χ0) is 27.4. The maximum Gasteiger partial charge on any atom is 0.416 e. The van der Waals surface area contributed by atoms with Crippen LogP contribution in [-0.4, -0.2) is 62.1 Å². The van der Waals surface area contributed by atoms with E-state index in [-0.39, 0.29) is 42.7 Å². The van der Waals surface area contributed by atoms with Gasteiger partial charge < -0.3 is 33.5 Å². The lowest BCUT2D eigenvalue weighted by molar-refractivity contribution is -0.196.